The molecule has 0 aromatic heterocycles. The highest BCUT2D eigenvalue weighted by molar-refractivity contribution is 6.04. The van der Waals surface area contributed by atoms with Gasteiger partial charge in [0.15, 0.2) is 30.4 Å². The number of fused-ring (bicyclic) bond motifs is 1. The molecule has 158 valence electrons. The summed E-state index contributed by atoms with van der Waals surface area (Å²) in [5.74, 6) is 0.874. The molecule has 9 heteroatoms. The summed E-state index contributed by atoms with van der Waals surface area (Å²) in [6.07, 6.45) is 0. The molecule has 0 fully saturated rings. The van der Waals surface area contributed by atoms with Crippen LogP contribution in [-0.2, 0) is 9.59 Å². The third-order valence-corrected chi connectivity index (χ3v) is 4.46. The summed E-state index contributed by atoms with van der Waals surface area (Å²) in [5, 5.41) is 5.50. The van der Waals surface area contributed by atoms with E-state index in [0.29, 0.717) is 39.1 Å². The molecule has 0 aliphatic carbocycles. The van der Waals surface area contributed by atoms with E-state index in [1.807, 2.05) is 0 Å². The van der Waals surface area contributed by atoms with E-state index in [1.165, 1.54) is 6.92 Å². The minimum absolute atomic E-state index is 0.0435. The molecule has 1 aliphatic rings. The number of quaternary nitrogens is 1. The Bertz CT molecular complexity index is 958. The molecular formula is C21H24N3O6+. The molecule has 0 radical (unpaired) electrons. The first kappa shape index (κ1) is 21.1. The Hall–Kier alpha value is -3.59. The number of hydrogen-bond donors (Lipinski definition) is 3. The zero-order valence-corrected chi connectivity index (χ0v) is 17.0. The summed E-state index contributed by atoms with van der Waals surface area (Å²) in [6, 6.07) is 10.1. The summed E-state index contributed by atoms with van der Waals surface area (Å²) < 4.78 is 15.7. The minimum atomic E-state index is -0.328. The van der Waals surface area contributed by atoms with Crippen LogP contribution in [-0.4, -0.2) is 51.6 Å². The van der Waals surface area contributed by atoms with Crippen LogP contribution < -0.4 is 29.7 Å². The molecule has 1 heterocycles. The highest BCUT2D eigenvalue weighted by atomic mass is 16.7. The van der Waals surface area contributed by atoms with Gasteiger partial charge < -0.3 is 29.7 Å². The van der Waals surface area contributed by atoms with E-state index in [0.717, 1.165) is 0 Å². The number of anilines is 2. The fraction of sp³-hybridized carbons (Fsp3) is 0.286. The molecule has 2 aromatic carbocycles. The Morgan fingerprint density at radius 3 is 2.20 bits per heavy atom. The lowest BCUT2D eigenvalue weighted by molar-refractivity contribution is -0.862. The molecular weight excluding hydrogens is 390 g/mol. The Morgan fingerprint density at radius 2 is 1.60 bits per heavy atom. The van der Waals surface area contributed by atoms with Crippen LogP contribution in [0.1, 0.15) is 17.3 Å². The van der Waals surface area contributed by atoms with Crippen LogP contribution in [0.5, 0.6) is 17.2 Å². The third kappa shape index (κ3) is 5.26. The van der Waals surface area contributed by atoms with Gasteiger partial charge in [0.1, 0.15) is 5.75 Å². The second-order valence-electron chi connectivity index (χ2n) is 6.94. The molecule has 30 heavy (non-hydrogen) atoms. The van der Waals surface area contributed by atoms with Crippen LogP contribution in [0.3, 0.4) is 0 Å². The molecule has 1 aliphatic heterocycles. The first-order chi connectivity index (χ1) is 14.4. The van der Waals surface area contributed by atoms with E-state index in [2.05, 4.69) is 10.6 Å². The molecule has 9 nitrogen and oxygen atoms in total. The summed E-state index contributed by atoms with van der Waals surface area (Å²) >= 11 is 0. The summed E-state index contributed by atoms with van der Waals surface area (Å²) in [4.78, 5) is 37.3. The van der Waals surface area contributed by atoms with Gasteiger partial charge >= 0.3 is 0 Å². The molecule has 0 saturated heterocycles. The second kappa shape index (κ2) is 9.27. The zero-order chi connectivity index (χ0) is 21.7. The van der Waals surface area contributed by atoms with Crippen molar-refractivity contribution in [3.8, 4) is 17.2 Å². The minimum Gasteiger partial charge on any atom is -0.497 e. The van der Waals surface area contributed by atoms with Gasteiger partial charge in [-0.05, 0) is 37.3 Å². The van der Waals surface area contributed by atoms with Gasteiger partial charge in [0.2, 0.25) is 6.79 Å². The van der Waals surface area contributed by atoms with Gasteiger partial charge in [-0.1, -0.05) is 0 Å². The van der Waals surface area contributed by atoms with E-state index in [4.69, 9.17) is 14.2 Å². The number of amides is 2. The summed E-state index contributed by atoms with van der Waals surface area (Å²) in [7, 11) is 3.30. The molecule has 2 amide bonds. The van der Waals surface area contributed by atoms with E-state index in [1.54, 1.807) is 50.6 Å². The number of methoxy groups -OCH3 is 1. The number of nitrogens with one attached hydrogen (secondary N) is 3. The number of ether oxygens (including phenoxy) is 3. The number of rotatable bonds is 8. The van der Waals surface area contributed by atoms with Crippen molar-refractivity contribution in [1.29, 1.82) is 0 Å². The van der Waals surface area contributed by atoms with Crippen LogP contribution in [0.15, 0.2) is 36.4 Å². The third-order valence-electron chi connectivity index (χ3n) is 4.46. The van der Waals surface area contributed by atoms with Gasteiger partial charge in [-0.25, -0.2) is 0 Å². The maximum Gasteiger partial charge on any atom is 0.279 e. The lowest BCUT2D eigenvalue weighted by Gasteiger charge is -2.15. The SMILES string of the molecule is COc1ccc(NC(=O)C[NH+](C)CC(=O)Nc2cc3c(cc2C(C)=O)OCO3)cc1. The fourth-order valence-corrected chi connectivity index (χ4v) is 3.02. The predicted octanol–water partition coefficient (Wildman–Crippen LogP) is 0.718. The number of benzene rings is 2. The average molecular weight is 414 g/mol. The second-order valence-corrected chi connectivity index (χ2v) is 6.94. The topological polar surface area (TPSA) is 107 Å². The monoisotopic (exact) mass is 414 g/mol. The zero-order valence-electron chi connectivity index (χ0n) is 17.0. The van der Waals surface area contributed by atoms with Gasteiger partial charge in [-0.15, -0.1) is 0 Å². The Balaban J connectivity index is 1.55. The standard InChI is InChI=1S/C21H23N3O6/c1-13(25)16-8-18-19(30-12-29-18)9-17(16)23-21(27)11-24(2)10-20(26)22-14-4-6-15(28-3)7-5-14/h4-9H,10-12H2,1-3H3,(H,22,26)(H,23,27)/p+1. The summed E-state index contributed by atoms with van der Waals surface area (Å²) in [6.45, 7) is 1.62. The van der Waals surface area contributed by atoms with Crippen molar-refractivity contribution in [1.82, 2.24) is 0 Å². The van der Waals surface area contributed by atoms with Crippen molar-refractivity contribution < 1.29 is 33.5 Å². The molecule has 3 N–H and O–H groups in total. The average Bonchev–Trinajstić information content (AvgIpc) is 3.14. The highest BCUT2D eigenvalue weighted by Crippen LogP contribution is 2.37. The van der Waals surface area contributed by atoms with Crippen LogP contribution in [0.2, 0.25) is 0 Å². The van der Waals surface area contributed by atoms with Crippen molar-refractivity contribution in [2.45, 2.75) is 6.92 Å². The number of hydrogen-bond acceptors (Lipinski definition) is 6. The Labute approximate surface area is 173 Å². The normalized spacial score (nSPS) is 12.8. The maximum atomic E-state index is 12.4. The van der Waals surface area contributed by atoms with Crippen LogP contribution in [0.25, 0.3) is 0 Å². The molecule has 0 saturated carbocycles. The fourth-order valence-electron chi connectivity index (χ4n) is 3.02. The van der Waals surface area contributed by atoms with Gasteiger partial charge in [0.05, 0.1) is 19.8 Å². The number of carbonyl (C=O) groups excluding carboxylic acids is 3. The number of Topliss-reactive ketones (excluding diaryl/α,β-unsaturated/α-hetero) is 1. The smallest absolute Gasteiger partial charge is 0.279 e. The predicted molar refractivity (Wildman–Crippen MR) is 109 cm³/mol. The molecule has 3 rings (SSSR count). The van der Waals surface area contributed by atoms with E-state index in [9.17, 15) is 14.4 Å². The van der Waals surface area contributed by atoms with Gasteiger partial charge in [-0.2, -0.15) is 0 Å². The number of ketones is 1. The first-order valence-electron chi connectivity index (χ1n) is 9.35. The Kier molecular flexibility index (Phi) is 6.53. The van der Waals surface area contributed by atoms with E-state index in [-0.39, 0.29) is 37.5 Å². The molecule has 2 aromatic rings. The largest absolute Gasteiger partial charge is 0.497 e. The molecule has 0 spiro atoms. The van der Waals surface area contributed by atoms with Crippen molar-refractivity contribution in [3.63, 3.8) is 0 Å². The van der Waals surface area contributed by atoms with E-state index >= 15 is 0 Å². The van der Waals surface area contributed by atoms with E-state index < -0.39 is 0 Å². The van der Waals surface area contributed by atoms with Crippen LogP contribution in [0, 0.1) is 0 Å². The quantitative estimate of drug-likeness (QED) is 0.550. The highest BCUT2D eigenvalue weighted by Gasteiger charge is 2.21. The van der Waals surface area contributed by atoms with Crippen molar-refractivity contribution in [3.05, 3.63) is 42.0 Å². The van der Waals surface area contributed by atoms with Gasteiger partial charge in [0, 0.05) is 17.3 Å². The van der Waals surface area contributed by atoms with Gasteiger partial charge in [-0.3, -0.25) is 14.4 Å². The van der Waals surface area contributed by atoms with Gasteiger partial charge in [0.25, 0.3) is 11.8 Å². The molecule has 1 atom stereocenters. The van der Waals surface area contributed by atoms with Crippen molar-refractivity contribution in [2.75, 3.05) is 44.7 Å². The molecule has 1 unspecified atom stereocenters. The number of carbonyl (C=O) groups is 3. The van der Waals surface area contributed by atoms with Crippen LogP contribution in [0.4, 0.5) is 11.4 Å². The Morgan fingerprint density at radius 1 is 1.00 bits per heavy atom. The number of likely N-dealkylation sites (N-methyl/N-ethyl adjacent to an activating group) is 1. The first-order valence-corrected chi connectivity index (χ1v) is 9.35. The lowest BCUT2D eigenvalue weighted by atomic mass is 10.1. The lowest BCUT2D eigenvalue weighted by Crippen LogP contribution is -3.11. The van der Waals surface area contributed by atoms with Crippen molar-refractivity contribution >= 4 is 29.0 Å². The maximum absolute atomic E-state index is 12.4. The summed E-state index contributed by atoms with van der Waals surface area (Å²) in [5.41, 5.74) is 1.33. The molecule has 0 bridgehead atoms. The van der Waals surface area contributed by atoms with Crippen molar-refractivity contribution in [2.24, 2.45) is 0 Å². The van der Waals surface area contributed by atoms with Crippen LogP contribution >= 0.6 is 0 Å².